The molecular formula is C10H21N3O. The van der Waals surface area contributed by atoms with E-state index >= 15 is 0 Å². The summed E-state index contributed by atoms with van der Waals surface area (Å²) in [6.45, 7) is 3.45. The number of rotatable bonds is 4. The molecule has 0 aromatic carbocycles. The van der Waals surface area contributed by atoms with Crippen LogP contribution in [-0.4, -0.2) is 43.0 Å². The predicted molar refractivity (Wildman–Crippen MR) is 56.9 cm³/mol. The topological polar surface area (TPSA) is 58.4 Å². The van der Waals surface area contributed by atoms with Crippen molar-refractivity contribution in [3.05, 3.63) is 0 Å². The number of nitrogens with two attached hydrogens (primary N) is 1. The van der Waals surface area contributed by atoms with Gasteiger partial charge in [-0.1, -0.05) is 13.3 Å². The maximum absolute atomic E-state index is 11.3. The van der Waals surface area contributed by atoms with Crippen LogP contribution >= 0.6 is 0 Å². The lowest BCUT2D eigenvalue weighted by Crippen LogP contribution is -2.48. The molecule has 0 spiro atoms. The summed E-state index contributed by atoms with van der Waals surface area (Å²) in [7, 11) is 1.67. The van der Waals surface area contributed by atoms with Gasteiger partial charge in [-0.15, -0.1) is 0 Å². The Morgan fingerprint density at radius 1 is 1.57 bits per heavy atom. The van der Waals surface area contributed by atoms with Crippen LogP contribution < -0.4 is 11.1 Å². The summed E-state index contributed by atoms with van der Waals surface area (Å²) in [5.41, 5.74) is 6.00. The fourth-order valence-corrected chi connectivity index (χ4v) is 2.15. The molecule has 0 saturated heterocycles. The molecule has 1 aliphatic rings. The fourth-order valence-electron chi connectivity index (χ4n) is 2.15. The molecule has 1 saturated carbocycles. The van der Waals surface area contributed by atoms with Crippen molar-refractivity contribution in [1.29, 1.82) is 0 Å². The Morgan fingerprint density at radius 2 is 2.29 bits per heavy atom. The third-order valence-corrected chi connectivity index (χ3v) is 3.03. The Balaban J connectivity index is 2.48. The summed E-state index contributed by atoms with van der Waals surface area (Å²) in [6.07, 6.45) is 3.41. The lowest BCUT2D eigenvalue weighted by atomic mass is 10.1. The quantitative estimate of drug-likeness (QED) is 0.666. The normalized spacial score (nSPS) is 26.9. The minimum atomic E-state index is 0.0750. The van der Waals surface area contributed by atoms with E-state index in [0.717, 1.165) is 19.4 Å². The minimum Gasteiger partial charge on any atom is -0.358 e. The number of hydrogen-bond acceptors (Lipinski definition) is 3. The van der Waals surface area contributed by atoms with Crippen LogP contribution in [0, 0.1) is 0 Å². The smallest absolute Gasteiger partial charge is 0.233 e. The van der Waals surface area contributed by atoms with Crippen LogP contribution in [-0.2, 0) is 4.79 Å². The third-order valence-electron chi connectivity index (χ3n) is 3.03. The first-order valence-corrected chi connectivity index (χ1v) is 5.39. The highest BCUT2D eigenvalue weighted by Gasteiger charge is 2.29. The van der Waals surface area contributed by atoms with Crippen LogP contribution in [0.4, 0.5) is 0 Å². The van der Waals surface area contributed by atoms with Crippen LogP contribution in [0.1, 0.15) is 26.2 Å². The highest BCUT2D eigenvalue weighted by Crippen LogP contribution is 2.22. The van der Waals surface area contributed by atoms with Crippen molar-refractivity contribution in [2.24, 2.45) is 5.73 Å². The summed E-state index contributed by atoms with van der Waals surface area (Å²) in [5, 5.41) is 2.65. The number of nitrogens with zero attached hydrogens (tertiary/aromatic N) is 1. The molecule has 4 nitrogen and oxygen atoms in total. The van der Waals surface area contributed by atoms with Gasteiger partial charge in [0.15, 0.2) is 0 Å². The molecule has 3 N–H and O–H groups in total. The highest BCUT2D eigenvalue weighted by atomic mass is 16.1. The van der Waals surface area contributed by atoms with Gasteiger partial charge in [0.1, 0.15) is 0 Å². The second kappa shape index (κ2) is 5.32. The molecule has 14 heavy (non-hydrogen) atoms. The van der Waals surface area contributed by atoms with E-state index < -0.39 is 0 Å². The zero-order chi connectivity index (χ0) is 10.6. The second-order valence-corrected chi connectivity index (χ2v) is 3.90. The zero-order valence-electron chi connectivity index (χ0n) is 9.12. The van der Waals surface area contributed by atoms with E-state index in [0.29, 0.717) is 12.6 Å². The van der Waals surface area contributed by atoms with E-state index in [2.05, 4.69) is 17.1 Å². The van der Waals surface area contributed by atoms with Gasteiger partial charge in [-0.2, -0.15) is 0 Å². The summed E-state index contributed by atoms with van der Waals surface area (Å²) in [4.78, 5) is 13.4. The molecule has 0 bridgehead atoms. The Labute approximate surface area is 85.8 Å². The van der Waals surface area contributed by atoms with E-state index in [4.69, 9.17) is 5.73 Å². The molecule has 1 rings (SSSR count). The van der Waals surface area contributed by atoms with Crippen molar-refractivity contribution in [2.45, 2.75) is 38.3 Å². The Morgan fingerprint density at radius 3 is 2.71 bits per heavy atom. The molecule has 82 valence electrons. The molecule has 4 heteroatoms. The SMILES string of the molecule is CCN(CC(=O)NC)C1CCCC1N. The molecule has 0 aliphatic heterocycles. The van der Waals surface area contributed by atoms with E-state index in [1.54, 1.807) is 7.05 Å². The van der Waals surface area contributed by atoms with E-state index in [-0.39, 0.29) is 11.9 Å². The van der Waals surface area contributed by atoms with Crippen molar-refractivity contribution in [2.75, 3.05) is 20.1 Å². The monoisotopic (exact) mass is 199 g/mol. The minimum absolute atomic E-state index is 0.0750. The van der Waals surface area contributed by atoms with Gasteiger partial charge < -0.3 is 11.1 Å². The molecule has 1 aliphatic carbocycles. The third kappa shape index (κ3) is 2.69. The first kappa shape index (κ1) is 11.5. The molecule has 2 atom stereocenters. The van der Waals surface area contributed by atoms with Gasteiger partial charge >= 0.3 is 0 Å². The van der Waals surface area contributed by atoms with Crippen molar-refractivity contribution in [3.8, 4) is 0 Å². The summed E-state index contributed by atoms with van der Waals surface area (Å²) in [5.74, 6) is 0.0750. The first-order chi connectivity index (χ1) is 6.69. The molecule has 2 unspecified atom stereocenters. The number of hydrogen-bond donors (Lipinski definition) is 2. The lowest BCUT2D eigenvalue weighted by molar-refractivity contribution is -0.122. The number of carbonyl (C=O) groups is 1. The van der Waals surface area contributed by atoms with E-state index in [1.807, 2.05) is 0 Å². The van der Waals surface area contributed by atoms with Gasteiger partial charge in [0, 0.05) is 19.1 Å². The molecule has 1 fully saturated rings. The van der Waals surface area contributed by atoms with Gasteiger partial charge in [-0.25, -0.2) is 0 Å². The number of carbonyl (C=O) groups excluding carboxylic acids is 1. The number of likely N-dealkylation sites (N-methyl/N-ethyl adjacent to an activating group) is 2. The standard InChI is InChI=1S/C10H21N3O/c1-3-13(7-10(14)12-2)9-6-4-5-8(9)11/h8-9H,3-7,11H2,1-2H3,(H,12,14). The molecule has 0 aromatic heterocycles. The van der Waals surface area contributed by atoms with Gasteiger partial charge in [-0.05, 0) is 19.4 Å². The largest absolute Gasteiger partial charge is 0.358 e. The van der Waals surface area contributed by atoms with Crippen LogP contribution in [0.5, 0.6) is 0 Å². The summed E-state index contributed by atoms with van der Waals surface area (Å²) < 4.78 is 0. The average molecular weight is 199 g/mol. The molecular weight excluding hydrogens is 178 g/mol. The van der Waals surface area contributed by atoms with Crippen molar-refractivity contribution < 1.29 is 4.79 Å². The number of amides is 1. The molecule has 0 aromatic rings. The van der Waals surface area contributed by atoms with Crippen LogP contribution in [0.3, 0.4) is 0 Å². The predicted octanol–water partition coefficient (Wildman–Crippen LogP) is -0.0659. The van der Waals surface area contributed by atoms with Crippen molar-refractivity contribution in [3.63, 3.8) is 0 Å². The Kier molecular flexibility index (Phi) is 4.35. The van der Waals surface area contributed by atoms with Gasteiger partial charge in [-0.3, -0.25) is 9.69 Å². The lowest BCUT2D eigenvalue weighted by Gasteiger charge is -2.29. The fraction of sp³-hybridized carbons (Fsp3) is 0.900. The van der Waals surface area contributed by atoms with E-state index in [9.17, 15) is 4.79 Å². The second-order valence-electron chi connectivity index (χ2n) is 3.90. The summed E-state index contributed by atoms with van der Waals surface area (Å²) >= 11 is 0. The van der Waals surface area contributed by atoms with Gasteiger partial charge in [0.05, 0.1) is 6.54 Å². The molecule has 0 radical (unpaired) electrons. The van der Waals surface area contributed by atoms with E-state index in [1.165, 1.54) is 6.42 Å². The Bertz CT molecular complexity index is 196. The maximum atomic E-state index is 11.3. The van der Waals surface area contributed by atoms with Gasteiger partial charge in [0.25, 0.3) is 0 Å². The van der Waals surface area contributed by atoms with Crippen molar-refractivity contribution in [1.82, 2.24) is 10.2 Å². The van der Waals surface area contributed by atoms with Crippen LogP contribution in [0.25, 0.3) is 0 Å². The average Bonchev–Trinajstić information content (AvgIpc) is 2.60. The number of nitrogens with one attached hydrogen (secondary N) is 1. The molecule has 0 heterocycles. The van der Waals surface area contributed by atoms with Crippen LogP contribution in [0.15, 0.2) is 0 Å². The zero-order valence-corrected chi connectivity index (χ0v) is 9.12. The van der Waals surface area contributed by atoms with Gasteiger partial charge in [0.2, 0.25) is 5.91 Å². The highest BCUT2D eigenvalue weighted by molar-refractivity contribution is 5.77. The first-order valence-electron chi connectivity index (χ1n) is 5.39. The van der Waals surface area contributed by atoms with Crippen LogP contribution in [0.2, 0.25) is 0 Å². The van der Waals surface area contributed by atoms with Crippen molar-refractivity contribution >= 4 is 5.91 Å². The molecule has 1 amide bonds. The summed E-state index contributed by atoms with van der Waals surface area (Å²) in [6, 6.07) is 0.650. The maximum Gasteiger partial charge on any atom is 0.233 e. The Hall–Kier alpha value is -0.610.